The number of nitrogens with zero attached hydrogens (tertiary/aromatic N) is 2. The molecule has 0 saturated carbocycles. The van der Waals surface area contributed by atoms with Crippen LogP contribution in [-0.4, -0.2) is 22.7 Å². The van der Waals surface area contributed by atoms with Crippen molar-refractivity contribution in [3.05, 3.63) is 33.2 Å². The van der Waals surface area contributed by atoms with Gasteiger partial charge in [0.15, 0.2) is 6.61 Å². The predicted molar refractivity (Wildman–Crippen MR) is 77.6 cm³/mol. The second kappa shape index (κ2) is 6.12. The maximum absolute atomic E-state index is 11.7. The number of amides is 1. The van der Waals surface area contributed by atoms with Gasteiger partial charge in [0.05, 0.1) is 4.47 Å². The van der Waals surface area contributed by atoms with Crippen molar-refractivity contribution in [2.45, 2.75) is 13.8 Å². The van der Waals surface area contributed by atoms with Crippen molar-refractivity contribution in [3.63, 3.8) is 0 Å². The van der Waals surface area contributed by atoms with E-state index >= 15 is 0 Å². The van der Waals surface area contributed by atoms with Crippen molar-refractivity contribution in [1.29, 1.82) is 0 Å². The first-order chi connectivity index (χ1) is 9.04. The molecule has 5 nitrogen and oxygen atoms in total. The molecule has 0 atom stereocenters. The quantitative estimate of drug-likeness (QED) is 0.928. The molecule has 1 aromatic carbocycles. The number of ether oxygens (including phenoxy) is 1. The van der Waals surface area contributed by atoms with Crippen LogP contribution in [0.4, 0.5) is 5.13 Å². The molecule has 1 aromatic heterocycles. The van der Waals surface area contributed by atoms with Crippen molar-refractivity contribution in [2.24, 2.45) is 0 Å². The van der Waals surface area contributed by atoms with E-state index in [1.54, 1.807) is 0 Å². The summed E-state index contributed by atoms with van der Waals surface area (Å²) in [6.07, 6.45) is 0. The van der Waals surface area contributed by atoms with Gasteiger partial charge in [-0.1, -0.05) is 17.4 Å². The van der Waals surface area contributed by atoms with Gasteiger partial charge in [0.25, 0.3) is 5.91 Å². The van der Waals surface area contributed by atoms with Crippen molar-refractivity contribution < 1.29 is 9.53 Å². The molecule has 0 unspecified atom stereocenters. The summed E-state index contributed by atoms with van der Waals surface area (Å²) in [7, 11) is 0. The zero-order valence-corrected chi connectivity index (χ0v) is 12.8. The average molecular weight is 342 g/mol. The van der Waals surface area contributed by atoms with Gasteiger partial charge in [-0.2, -0.15) is 0 Å². The third-order valence-corrected chi connectivity index (χ3v) is 3.59. The Morgan fingerprint density at radius 3 is 2.84 bits per heavy atom. The fourth-order valence-electron chi connectivity index (χ4n) is 1.37. The lowest BCUT2D eigenvalue weighted by atomic mass is 10.2. The van der Waals surface area contributed by atoms with Crippen molar-refractivity contribution >= 4 is 38.3 Å². The number of aromatic nitrogens is 2. The maximum atomic E-state index is 11.7. The van der Waals surface area contributed by atoms with Crippen LogP contribution in [0.3, 0.4) is 0 Å². The molecule has 0 radical (unpaired) electrons. The highest BCUT2D eigenvalue weighted by Crippen LogP contribution is 2.25. The Hall–Kier alpha value is -1.47. The normalized spacial score (nSPS) is 10.3. The Labute approximate surface area is 123 Å². The third-order valence-electron chi connectivity index (χ3n) is 2.22. The molecule has 0 saturated heterocycles. The highest BCUT2D eigenvalue weighted by Gasteiger charge is 2.08. The second-order valence-corrected chi connectivity index (χ2v) is 5.93. The Morgan fingerprint density at radius 1 is 1.42 bits per heavy atom. The molecule has 0 aliphatic rings. The van der Waals surface area contributed by atoms with E-state index in [-0.39, 0.29) is 12.5 Å². The van der Waals surface area contributed by atoms with Gasteiger partial charge in [0, 0.05) is 0 Å². The van der Waals surface area contributed by atoms with Crippen molar-refractivity contribution in [1.82, 2.24) is 10.2 Å². The van der Waals surface area contributed by atoms with E-state index in [1.165, 1.54) is 11.3 Å². The van der Waals surface area contributed by atoms with E-state index in [4.69, 9.17) is 4.74 Å². The minimum Gasteiger partial charge on any atom is -0.483 e. The molecule has 0 fully saturated rings. The monoisotopic (exact) mass is 341 g/mol. The molecular weight excluding hydrogens is 330 g/mol. The number of halogens is 1. The topological polar surface area (TPSA) is 64.1 Å². The first-order valence-electron chi connectivity index (χ1n) is 5.53. The highest BCUT2D eigenvalue weighted by molar-refractivity contribution is 9.10. The molecule has 100 valence electrons. The number of rotatable bonds is 4. The van der Waals surface area contributed by atoms with Crippen molar-refractivity contribution in [2.75, 3.05) is 11.9 Å². The second-order valence-electron chi connectivity index (χ2n) is 3.90. The third kappa shape index (κ3) is 4.00. The first-order valence-corrected chi connectivity index (χ1v) is 7.14. The Bertz CT molecular complexity index is 600. The van der Waals surface area contributed by atoms with Crippen LogP contribution in [-0.2, 0) is 4.79 Å². The van der Waals surface area contributed by atoms with Crippen LogP contribution in [0, 0.1) is 13.8 Å². The number of anilines is 1. The molecule has 1 N–H and O–H groups in total. The SMILES string of the molecule is Cc1ccc(OCC(=O)Nc2nnc(C)s2)c(Br)c1. The summed E-state index contributed by atoms with van der Waals surface area (Å²) in [5, 5.41) is 11.5. The minimum atomic E-state index is -0.261. The fourth-order valence-corrected chi connectivity index (χ4v) is 2.58. The zero-order valence-electron chi connectivity index (χ0n) is 10.4. The summed E-state index contributed by atoms with van der Waals surface area (Å²) >= 11 is 4.71. The van der Waals surface area contributed by atoms with Gasteiger partial charge in [-0.15, -0.1) is 10.2 Å². The molecule has 0 bridgehead atoms. The number of benzene rings is 1. The Balaban J connectivity index is 1.89. The van der Waals surface area contributed by atoms with Gasteiger partial charge in [0.2, 0.25) is 5.13 Å². The minimum absolute atomic E-state index is 0.0692. The number of hydrogen-bond donors (Lipinski definition) is 1. The molecule has 2 aromatic rings. The molecule has 2 rings (SSSR count). The van der Waals surface area contributed by atoms with Crippen LogP contribution in [0.15, 0.2) is 22.7 Å². The van der Waals surface area contributed by atoms with Crippen molar-refractivity contribution in [3.8, 4) is 5.75 Å². The van der Waals surface area contributed by atoms with Gasteiger partial charge in [-0.3, -0.25) is 10.1 Å². The standard InChI is InChI=1S/C12H12BrN3O2S/c1-7-3-4-10(9(13)5-7)18-6-11(17)14-12-16-15-8(2)19-12/h3-5H,6H2,1-2H3,(H,14,16,17). The number of aryl methyl sites for hydroxylation is 2. The lowest BCUT2D eigenvalue weighted by molar-refractivity contribution is -0.118. The van der Waals surface area contributed by atoms with E-state index in [9.17, 15) is 4.79 Å². The van der Waals surface area contributed by atoms with Crippen LogP contribution in [0.2, 0.25) is 0 Å². The van der Waals surface area contributed by atoms with Crippen LogP contribution in [0.5, 0.6) is 5.75 Å². The summed E-state index contributed by atoms with van der Waals surface area (Å²) in [6, 6.07) is 5.68. The van der Waals surface area contributed by atoms with Crippen LogP contribution < -0.4 is 10.1 Å². The largest absolute Gasteiger partial charge is 0.483 e. The number of carbonyl (C=O) groups excluding carboxylic acids is 1. The summed E-state index contributed by atoms with van der Waals surface area (Å²) in [5.74, 6) is 0.373. The Morgan fingerprint density at radius 2 is 2.21 bits per heavy atom. The summed E-state index contributed by atoms with van der Waals surface area (Å²) in [5.41, 5.74) is 1.12. The summed E-state index contributed by atoms with van der Waals surface area (Å²) < 4.78 is 6.26. The van der Waals surface area contributed by atoms with Gasteiger partial charge < -0.3 is 4.74 Å². The average Bonchev–Trinajstić information content (AvgIpc) is 2.73. The summed E-state index contributed by atoms with van der Waals surface area (Å²) in [6.45, 7) is 3.74. The molecule has 1 heterocycles. The number of hydrogen-bond acceptors (Lipinski definition) is 5. The number of nitrogens with one attached hydrogen (secondary N) is 1. The van der Waals surface area contributed by atoms with E-state index < -0.39 is 0 Å². The van der Waals surface area contributed by atoms with Gasteiger partial charge in [0.1, 0.15) is 10.8 Å². The molecule has 0 aliphatic heterocycles. The fraction of sp³-hybridized carbons (Fsp3) is 0.250. The van der Waals surface area contributed by atoms with Gasteiger partial charge in [-0.05, 0) is 47.5 Å². The molecular formula is C12H12BrN3O2S. The molecule has 19 heavy (non-hydrogen) atoms. The number of carbonyl (C=O) groups is 1. The van der Waals surface area contributed by atoms with E-state index in [2.05, 4.69) is 31.4 Å². The van der Waals surface area contributed by atoms with E-state index in [0.29, 0.717) is 10.9 Å². The lowest BCUT2D eigenvalue weighted by Crippen LogP contribution is -2.20. The van der Waals surface area contributed by atoms with Crippen LogP contribution in [0.1, 0.15) is 10.6 Å². The van der Waals surface area contributed by atoms with Crippen LogP contribution in [0.25, 0.3) is 0 Å². The van der Waals surface area contributed by atoms with Gasteiger partial charge in [-0.25, -0.2) is 0 Å². The molecule has 0 spiro atoms. The zero-order chi connectivity index (χ0) is 13.8. The molecule has 1 amide bonds. The van der Waals surface area contributed by atoms with Crippen LogP contribution >= 0.6 is 27.3 Å². The molecule has 0 aliphatic carbocycles. The van der Waals surface area contributed by atoms with E-state index in [0.717, 1.165) is 15.0 Å². The maximum Gasteiger partial charge on any atom is 0.264 e. The molecule has 7 heteroatoms. The highest BCUT2D eigenvalue weighted by atomic mass is 79.9. The smallest absolute Gasteiger partial charge is 0.264 e. The Kier molecular flexibility index (Phi) is 4.49. The van der Waals surface area contributed by atoms with E-state index in [1.807, 2.05) is 32.0 Å². The predicted octanol–water partition coefficient (Wildman–Crippen LogP) is 2.93. The summed E-state index contributed by atoms with van der Waals surface area (Å²) in [4.78, 5) is 11.7. The van der Waals surface area contributed by atoms with Gasteiger partial charge >= 0.3 is 0 Å². The lowest BCUT2D eigenvalue weighted by Gasteiger charge is -2.08. The first kappa shape index (κ1) is 14.0.